The molecule has 0 nitrogen and oxygen atoms in total. The van der Waals surface area contributed by atoms with Crippen molar-refractivity contribution in [2.75, 3.05) is 0 Å². The maximum absolute atomic E-state index is 0. The van der Waals surface area contributed by atoms with Crippen molar-refractivity contribution in [1.29, 1.82) is 0 Å². The van der Waals surface area contributed by atoms with Gasteiger partial charge in [0.15, 0.2) is 0 Å². The van der Waals surface area contributed by atoms with Crippen molar-refractivity contribution in [2.45, 2.75) is 7.43 Å². The molecule has 0 aliphatic heterocycles. The van der Waals surface area contributed by atoms with Crippen molar-refractivity contribution in [2.24, 2.45) is 0 Å². The molecule has 0 aromatic carbocycles. The molecule has 10 heteroatoms. The Labute approximate surface area is 181 Å². The summed E-state index contributed by atoms with van der Waals surface area (Å²) in [5.74, 6) is 0. The molecule has 0 spiro atoms. The molecule has 9 radical (unpaired) electrons. The van der Waals surface area contributed by atoms with Gasteiger partial charge in [-0.25, -0.2) is 0 Å². The maximum Gasteiger partial charge on any atom is 0 e. The molecule has 0 aliphatic carbocycles. The molecule has 0 aliphatic rings. The molecule has 0 N–H and O–H groups in total. The third-order valence-electron chi connectivity index (χ3n) is 0. The minimum absolute atomic E-state index is 0. The molecule has 11 heavy (non-hydrogen) atoms. The first-order valence-electron chi connectivity index (χ1n) is 0. The largest absolute Gasteiger partial charge is 0.0776 e. The van der Waals surface area contributed by atoms with Gasteiger partial charge in [-0.1, -0.05) is 7.43 Å². The Bertz CT molecular complexity index is 38.1. The van der Waals surface area contributed by atoms with E-state index < -0.39 is 0 Å². The Morgan fingerprint density at radius 3 is 1.00 bits per heavy atom. The summed E-state index contributed by atoms with van der Waals surface area (Å²) >= 11 is 0. The predicted octanol–water partition coefficient (Wildman–Crippen LogP) is -0.145. The zero-order chi connectivity index (χ0) is 0. The fourth-order valence-corrected chi connectivity index (χ4v) is 0. The van der Waals surface area contributed by atoms with Gasteiger partial charge in [-0.2, -0.15) is 0 Å². The first-order chi connectivity index (χ1) is 0. The molecule has 0 saturated carbocycles. The Morgan fingerprint density at radius 1 is 1.00 bits per heavy atom. The average molecular weight is 679 g/mol. The molecule has 0 saturated heterocycles. The molecule has 0 atom stereocenters. The Balaban J connectivity index is 0. The fourth-order valence-electron chi connectivity index (χ4n) is 0. The van der Waals surface area contributed by atoms with E-state index in [2.05, 4.69) is 0 Å². The van der Waals surface area contributed by atoms with Crippen LogP contribution < -0.4 is 0 Å². The van der Waals surface area contributed by atoms with Gasteiger partial charge in [0.25, 0.3) is 0 Å². The monoisotopic (exact) mass is 680 g/mol. The van der Waals surface area contributed by atoms with E-state index in [1.807, 2.05) is 0 Å². The standard InChI is InChI=1S/CH4.Al.Co.Cr.Fe.Mn.Mo.Ni.Si.Ti.W/h1H4;;;;;;;;;;. The Hall–Kier alpha value is 5.41. The molecule has 0 aromatic heterocycles. The van der Waals surface area contributed by atoms with Crippen molar-refractivity contribution in [3.05, 3.63) is 0 Å². The van der Waals surface area contributed by atoms with E-state index >= 15 is 0 Å². The van der Waals surface area contributed by atoms with Crippen molar-refractivity contribution in [1.82, 2.24) is 0 Å². The van der Waals surface area contributed by atoms with Gasteiger partial charge in [0.05, 0.1) is 0 Å². The van der Waals surface area contributed by atoms with Gasteiger partial charge < -0.3 is 0 Å². The van der Waals surface area contributed by atoms with Crippen molar-refractivity contribution >= 4 is 28.3 Å². The normalized spacial score (nSPS) is 0. The summed E-state index contributed by atoms with van der Waals surface area (Å²) in [4.78, 5) is 0. The first-order valence-corrected chi connectivity index (χ1v) is 0. The Morgan fingerprint density at radius 2 is 1.00 bits per heavy atom. The molecule has 0 aromatic rings. The van der Waals surface area contributed by atoms with Crippen molar-refractivity contribution < 1.29 is 149 Å². The second-order valence-electron chi connectivity index (χ2n) is 0. The van der Waals surface area contributed by atoms with E-state index in [0.717, 1.165) is 0 Å². The van der Waals surface area contributed by atoms with Crippen LogP contribution in [0.1, 0.15) is 7.43 Å². The van der Waals surface area contributed by atoms with Gasteiger partial charge in [0.2, 0.25) is 0 Å². The summed E-state index contributed by atoms with van der Waals surface area (Å²) in [6.07, 6.45) is 0. The van der Waals surface area contributed by atoms with Gasteiger partial charge in [0, 0.05) is 177 Å². The van der Waals surface area contributed by atoms with Crippen LogP contribution in [0.2, 0.25) is 0 Å². The van der Waals surface area contributed by atoms with E-state index in [1.54, 1.807) is 0 Å². The first kappa shape index (κ1) is 133. The molecule has 0 unspecified atom stereocenters. The van der Waals surface area contributed by atoms with E-state index in [1.165, 1.54) is 0 Å². The second-order valence-corrected chi connectivity index (χ2v) is 0. The van der Waals surface area contributed by atoms with Gasteiger partial charge in [-0.3, -0.25) is 0 Å². The van der Waals surface area contributed by atoms with E-state index in [4.69, 9.17) is 0 Å². The SMILES string of the molecule is C.[Al].[Co].[Cr].[Fe].[Mn].[Mo].[Ni].[Si].[Ti].[W]. The van der Waals surface area contributed by atoms with Crippen LogP contribution in [-0.4, -0.2) is 28.3 Å². The minimum Gasteiger partial charge on any atom is -0.0776 e. The van der Waals surface area contributed by atoms with Crippen LogP contribution in [0, 0.1) is 0 Å². The van der Waals surface area contributed by atoms with E-state index in [9.17, 15) is 0 Å². The van der Waals surface area contributed by atoms with Crippen molar-refractivity contribution in [3.63, 3.8) is 0 Å². The number of rotatable bonds is 0. The zero-order valence-electron chi connectivity index (χ0n) is 4.18. The predicted molar refractivity (Wildman–Crippen MR) is 18.2 cm³/mol. The second kappa shape index (κ2) is 109. The van der Waals surface area contributed by atoms with Crippen LogP contribution in [0.25, 0.3) is 0 Å². The van der Waals surface area contributed by atoms with E-state index in [0.29, 0.717) is 0 Å². The van der Waals surface area contributed by atoms with Crippen LogP contribution >= 0.6 is 0 Å². The van der Waals surface area contributed by atoms with Crippen LogP contribution in [-0.2, 0) is 149 Å². The number of hydrogen-bond acceptors (Lipinski definition) is 0. The summed E-state index contributed by atoms with van der Waals surface area (Å²) < 4.78 is 0. The fraction of sp³-hybridized carbons (Fsp3) is 1.00. The molecule has 71 valence electrons. The van der Waals surface area contributed by atoms with Crippen LogP contribution in [0.3, 0.4) is 0 Å². The molecular formula is CH4AlCoCrFeMnMoNiSiTiW. The summed E-state index contributed by atoms with van der Waals surface area (Å²) in [5.41, 5.74) is 0. The molecule has 0 heterocycles. The third-order valence-corrected chi connectivity index (χ3v) is 0. The van der Waals surface area contributed by atoms with Gasteiger partial charge in [-0.15, -0.1) is 0 Å². The smallest absolute Gasteiger partial charge is 0 e. The van der Waals surface area contributed by atoms with Crippen LogP contribution in [0.15, 0.2) is 0 Å². The van der Waals surface area contributed by atoms with Gasteiger partial charge in [-0.05, 0) is 0 Å². The topological polar surface area (TPSA) is 0 Å². The minimum atomic E-state index is 0. The molecule has 0 fully saturated rings. The summed E-state index contributed by atoms with van der Waals surface area (Å²) in [6.45, 7) is 0. The quantitative estimate of drug-likeness (QED) is 0.313. The zero-order valence-corrected chi connectivity index (χ0v) is 18.4. The Kier molecular flexibility index (Phi) is 1320. The molecular weight excluding hydrogens is 675 g/mol. The van der Waals surface area contributed by atoms with Crippen LogP contribution in [0.4, 0.5) is 0 Å². The van der Waals surface area contributed by atoms with Gasteiger partial charge >= 0.3 is 0 Å². The molecule has 0 rings (SSSR count). The van der Waals surface area contributed by atoms with Gasteiger partial charge in [0.1, 0.15) is 0 Å². The summed E-state index contributed by atoms with van der Waals surface area (Å²) in [7, 11) is 0. The average Bonchev–Trinajstić information content (AvgIpc) is 0. The summed E-state index contributed by atoms with van der Waals surface area (Å²) in [5, 5.41) is 0. The third kappa shape index (κ3) is 94.7. The maximum atomic E-state index is 0. The molecule has 0 bridgehead atoms. The van der Waals surface area contributed by atoms with Crippen LogP contribution in [0.5, 0.6) is 0 Å². The van der Waals surface area contributed by atoms with Crippen molar-refractivity contribution in [3.8, 4) is 0 Å². The summed E-state index contributed by atoms with van der Waals surface area (Å²) in [6, 6.07) is 0. The molecule has 0 amide bonds. The number of hydrogen-bond donors (Lipinski definition) is 0. The van der Waals surface area contributed by atoms with E-state index in [-0.39, 0.29) is 184 Å².